The van der Waals surface area contributed by atoms with Gasteiger partial charge in [0.15, 0.2) is 0 Å². The van der Waals surface area contributed by atoms with E-state index in [-0.39, 0.29) is 23.2 Å². The molecule has 1 N–H and O–H groups in total. The number of rotatable bonds is 3. The van der Waals surface area contributed by atoms with E-state index in [9.17, 15) is 13.2 Å². The second-order valence-corrected chi connectivity index (χ2v) is 3.25. The molecule has 1 rings (SSSR count). The monoisotopic (exact) mass is 275 g/mol. The van der Waals surface area contributed by atoms with E-state index in [2.05, 4.69) is 10.1 Å². The van der Waals surface area contributed by atoms with E-state index < -0.39 is 6.36 Å². The SMILES string of the molecule is CNCc1ccc(OC(F)(F)F)c(Cl)c1.Cl. The topological polar surface area (TPSA) is 21.3 Å². The molecule has 0 saturated carbocycles. The fourth-order valence-corrected chi connectivity index (χ4v) is 1.31. The van der Waals surface area contributed by atoms with Crippen LogP contribution in [0.4, 0.5) is 13.2 Å². The summed E-state index contributed by atoms with van der Waals surface area (Å²) in [6.07, 6.45) is -4.71. The highest BCUT2D eigenvalue weighted by molar-refractivity contribution is 6.32. The first-order valence-corrected chi connectivity index (χ1v) is 4.49. The quantitative estimate of drug-likeness (QED) is 0.913. The first-order valence-electron chi connectivity index (χ1n) is 4.11. The maximum atomic E-state index is 11.9. The number of alkyl halides is 3. The van der Waals surface area contributed by atoms with Crippen LogP contribution >= 0.6 is 24.0 Å². The number of ether oxygens (including phenoxy) is 1. The Bertz CT molecular complexity index is 344. The molecule has 0 amide bonds. The summed E-state index contributed by atoms with van der Waals surface area (Å²) in [6.45, 7) is 0.534. The zero-order valence-corrected chi connectivity index (χ0v) is 9.84. The van der Waals surface area contributed by atoms with Crippen molar-refractivity contribution in [2.75, 3.05) is 7.05 Å². The van der Waals surface area contributed by atoms with Crippen LogP contribution < -0.4 is 10.1 Å². The average molecular weight is 276 g/mol. The Balaban J connectivity index is 0.00000225. The minimum absolute atomic E-state index is 0. The molecule has 0 aliphatic carbocycles. The van der Waals surface area contributed by atoms with E-state index in [0.29, 0.717) is 6.54 Å². The summed E-state index contributed by atoms with van der Waals surface area (Å²) >= 11 is 5.62. The largest absolute Gasteiger partial charge is 0.573 e. The fraction of sp³-hybridized carbons (Fsp3) is 0.333. The summed E-state index contributed by atoms with van der Waals surface area (Å²) in [7, 11) is 1.73. The van der Waals surface area contributed by atoms with Gasteiger partial charge in [-0.3, -0.25) is 0 Å². The molecule has 7 heteroatoms. The van der Waals surface area contributed by atoms with Gasteiger partial charge >= 0.3 is 6.36 Å². The molecule has 1 aromatic carbocycles. The normalized spacial score (nSPS) is 10.8. The predicted molar refractivity (Wildman–Crippen MR) is 58.1 cm³/mol. The number of benzene rings is 1. The smallest absolute Gasteiger partial charge is 0.404 e. The molecular weight excluding hydrogens is 266 g/mol. The van der Waals surface area contributed by atoms with Crippen LogP contribution in [0.1, 0.15) is 5.56 Å². The molecule has 0 saturated heterocycles. The molecule has 2 nitrogen and oxygen atoms in total. The highest BCUT2D eigenvalue weighted by atomic mass is 35.5. The standard InChI is InChI=1S/C9H9ClF3NO.ClH/c1-14-5-6-2-3-8(7(10)4-6)15-9(11,12)13;/h2-4,14H,5H2,1H3;1H. The molecule has 0 spiro atoms. The van der Waals surface area contributed by atoms with Gasteiger partial charge in [0, 0.05) is 6.54 Å². The van der Waals surface area contributed by atoms with Gasteiger partial charge in [-0.25, -0.2) is 0 Å². The van der Waals surface area contributed by atoms with E-state index in [4.69, 9.17) is 11.6 Å². The van der Waals surface area contributed by atoms with Gasteiger partial charge in [0.2, 0.25) is 0 Å². The van der Waals surface area contributed by atoms with E-state index in [1.165, 1.54) is 18.2 Å². The van der Waals surface area contributed by atoms with Crippen LogP contribution in [0.15, 0.2) is 18.2 Å². The lowest BCUT2D eigenvalue weighted by Gasteiger charge is -2.11. The molecule has 0 heterocycles. The molecular formula is C9H10Cl2F3NO. The number of nitrogens with one attached hydrogen (secondary N) is 1. The zero-order valence-electron chi connectivity index (χ0n) is 8.27. The number of hydrogen-bond donors (Lipinski definition) is 1. The summed E-state index contributed by atoms with van der Waals surface area (Å²) in [4.78, 5) is 0. The zero-order chi connectivity index (χ0) is 11.5. The van der Waals surface area contributed by atoms with E-state index in [1.807, 2.05) is 0 Å². The van der Waals surface area contributed by atoms with Gasteiger partial charge < -0.3 is 10.1 Å². The molecule has 0 bridgehead atoms. The fourth-order valence-electron chi connectivity index (χ4n) is 1.07. The minimum Gasteiger partial charge on any atom is -0.404 e. The Labute approximate surface area is 102 Å². The van der Waals surface area contributed by atoms with Crippen molar-refractivity contribution in [3.63, 3.8) is 0 Å². The van der Waals surface area contributed by atoms with Gasteiger partial charge in [-0.15, -0.1) is 25.6 Å². The lowest BCUT2D eigenvalue weighted by atomic mass is 10.2. The third-order valence-electron chi connectivity index (χ3n) is 1.60. The van der Waals surface area contributed by atoms with Gasteiger partial charge in [-0.1, -0.05) is 17.7 Å². The van der Waals surface area contributed by atoms with Crippen molar-refractivity contribution in [3.8, 4) is 5.75 Å². The van der Waals surface area contributed by atoms with Gasteiger partial charge in [-0.2, -0.15) is 0 Å². The van der Waals surface area contributed by atoms with Crippen LogP contribution in [0.3, 0.4) is 0 Å². The maximum absolute atomic E-state index is 11.9. The second-order valence-electron chi connectivity index (χ2n) is 2.84. The van der Waals surface area contributed by atoms with Crippen molar-refractivity contribution in [1.82, 2.24) is 5.32 Å². The summed E-state index contributed by atoms with van der Waals surface area (Å²) in [5, 5.41) is 2.80. The molecule has 1 aromatic rings. The predicted octanol–water partition coefficient (Wildman–Crippen LogP) is 3.38. The van der Waals surface area contributed by atoms with Gasteiger partial charge in [0.05, 0.1) is 5.02 Å². The highest BCUT2D eigenvalue weighted by Crippen LogP contribution is 2.30. The van der Waals surface area contributed by atoms with Gasteiger partial charge in [-0.05, 0) is 24.7 Å². The average Bonchev–Trinajstić information content (AvgIpc) is 2.08. The van der Waals surface area contributed by atoms with Crippen LogP contribution in [0, 0.1) is 0 Å². The third kappa shape index (κ3) is 4.92. The number of halogens is 5. The first kappa shape index (κ1) is 15.3. The van der Waals surface area contributed by atoms with Crippen LogP contribution in [-0.4, -0.2) is 13.4 Å². The molecule has 0 radical (unpaired) electrons. The maximum Gasteiger partial charge on any atom is 0.573 e. The van der Waals surface area contributed by atoms with Crippen LogP contribution in [0.5, 0.6) is 5.75 Å². The summed E-state index contributed by atoms with van der Waals surface area (Å²) in [6, 6.07) is 4.14. The number of hydrogen-bond acceptors (Lipinski definition) is 2. The Morgan fingerprint density at radius 2 is 2.00 bits per heavy atom. The molecule has 16 heavy (non-hydrogen) atoms. The molecule has 0 unspecified atom stereocenters. The van der Waals surface area contributed by atoms with Crippen molar-refractivity contribution in [3.05, 3.63) is 28.8 Å². The van der Waals surface area contributed by atoms with Gasteiger partial charge in [0.1, 0.15) is 5.75 Å². The van der Waals surface area contributed by atoms with Crippen molar-refractivity contribution in [2.24, 2.45) is 0 Å². The molecule has 0 aliphatic heterocycles. The van der Waals surface area contributed by atoms with Crippen molar-refractivity contribution in [1.29, 1.82) is 0 Å². The molecule has 0 fully saturated rings. The Kier molecular flexibility index (Phi) is 5.92. The Morgan fingerprint density at radius 1 is 1.38 bits per heavy atom. The Morgan fingerprint density at radius 3 is 2.44 bits per heavy atom. The van der Waals surface area contributed by atoms with Crippen LogP contribution in [0.25, 0.3) is 0 Å². The minimum atomic E-state index is -4.71. The summed E-state index contributed by atoms with van der Waals surface area (Å²) in [5.74, 6) is -0.385. The van der Waals surface area contributed by atoms with E-state index in [0.717, 1.165) is 5.56 Å². The van der Waals surface area contributed by atoms with Crippen molar-refractivity contribution < 1.29 is 17.9 Å². The van der Waals surface area contributed by atoms with Gasteiger partial charge in [0.25, 0.3) is 0 Å². The lowest BCUT2D eigenvalue weighted by molar-refractivity contribution is -0.274. The lowest BCUT2D eigenvalue weighted by Crippen LogP contribution is -2.17. The van der Waals surface area contributed by atoms with Crippen LogP contribution in [-0.2, 0) is 6.54 Å². The van der Waals surface area contributed by atoms with E-state index in [1.54, 1.807) is 7.05 Å². The second kappa shape index (κ2) is 6.18. The first-order chi connectivity index (χ1) is 6.92. The van der Waals surface area contributed by atoms with Crippen molar-refractivity contribution >= 4 is 24.0 Å². The van der Waals surface area contributed by atoms with Crippen molar-refractivity contribution in [2.45, 2.75) is 12.9 Å². The molecule has 0 aromatic heterocycles. The summed E-state index contributed by atoms with van der Waals surface area (Å²) < 4.78 is 39.3. The third-order valence-corrected chi connectivity index (χ3v) is 1.90. The summed E-state index contributed by atoms with van der Waals surface area (Å²) in [5.41, 5.74) is 0.789. The van der Waals surface area contributed by atoms with E-state index >= 15 is 0 Å². The van der Waals surface area contributed by atoms with Crippen LogP contribution in [0.2, 0.25) is 5.02 Å². The molecule has 0 atom stereocenters. The molecule has 0 aliphatic rings. The highest BCUT2D eigenvalue weighted by Gasteiger charge is 2.31. The Hall–Kier alpha value is -0.650. The molecule has 92 valence electrons.